The molecule has 0 radical (unpaired) electrons. The van der Waals surface area contributed by atoms with E-state index in [9.17, 15) is 0 Å². The van der Waals surface area contributed by atoms with Crippen molar-refractivity contribution in [3.8, 4) is 6.01 Å². The van der Waals surface area contributed by atoms with Gasteiger partial charge in [0.1, 0.15) is 0 Å². The van der Waals surface area contributed by atoms with Crippen LogP contribution < -0.4 is 10.1 Å². The molecule has 0 saturated carbocycles. The molecule has 0 aliphatic heterocycles. The first kappa shape index (κ1) is 10.9. The smallest absolute Gasteiger partial charge is 0.316 e. The topological polar surface area (TPSA) is 47.0 Å². The van der Waals surface area contributed by atoms with Gasteiger partial charge in [0.05, 0.1) is 6.61 Å². The zero-order chi connectivity index (χ0) is 10.4. The molecule has 1 rings (SSSR count). The van der Waals surface area contributed by atoms with Gasteiger partial charge in [-0.1, -0.05) is 0 Å². The fraction of sp³-hybridized carbons (Fsp3) is 0.600. The summed E-state index contributed by atoms with van der Waals surface area (Å²) in [5, 5.41) is 3.10. The lowest BCUT2D eigenvalue weighted by Gasteiger charge is -2.06. The van der Waals surface area contributed by atoms with Crippen LogP contribution in [0.2, 0.25) is 0 Å². The van der Waals surface area contributed by atoms with Crippen LogP contribution in [0.4, 0.5) is 0 Å². The van der Waals surface area contributed by atoms with Crippen LogP contribution >= 0.6 is 0 Å². The van der Waals surface area contributed by atoms with Crippen molar-refractivity contribution in [1.29, 1.82) is 0 Å². The van der Waals surface area contributed by atoms with E-state index in [1.807, 2.05) is 27.1 Å². The van der Waals surface area contributed by atoms with Crippen LogP contribution in [-0.4, -0.2) is 30.2 Å². The van der Waals surface area contributed by atoms with Crippen LogP contribution in [0.25, 0.3) is 0 Å². The van der Waals surface area contributed by atoms with E-state index in [-0.39, 0.29) is 0 Å². The molecule has 4 heteroatoms. The molecular formula is C10H17N3O. The second-order valence-corrected chi connectivity index (χ2v) is 3.05. The van der Waals surface area contributed by atoms with Gasteiger partial charge in [-0.2, -0.15) is 0 Å². The van der Waals surface area contributed by atoms with E-state index < -0.39 is 0 Å². The maximum atomic E-state index is 5.21. The molecule has 0 amide bonds. The van der Waals surface area contributed by atoms with E-state index in [1.54, 1.807) is 0 Å². The maximum absolute atomic E-state index is 5.21. The number of aromatic nitrogens is 2. The molecule has 78 valence electrons. The molecule has 4 nitrogen and oxygen atoms in total. The molecule has 1 heterocycles. The summed E-state index contributed by atoms with van der Waals surface area (Å²) in [5.41, 5.74) is 2.17. The van der Waals surface area contributed by atoms with Crippen molar-refractivity contribution in [2.45, 2.75) is 20.3 Å². The van der Waals surface area contributed by atoms with E-state index in [1.165, 1.54) is 5.56 Å². The van der Waals surface area contributed by atoms with E-state index in [0.717, 1.165) is 18.7 Å². The first-order chi connectivity index (χ1) is 6.77. The summed E-state index contributed by atoms with van der Waals surface area (Å²) >= 11 is 0. The normalized spacial score (nSPS) is 10.2. The monoisotopic (exact) mass is 195 g/mol. The SMILES string of the molecule is CCOc1ncc(CCNC)c(C)n1. The van der Waals surface area contributed by atoms with Crippen LogP contribution in [0.5, 0.6) is 6.01 Å². The van der Waals surface area contributed by atoms with Gasteiger partial charge >= 0.3 is 6.01 Å². The van der Waals surface area contributed by atoms with Crippen molar-refractivity contribution in [3.05, 3.63) is 17.5 Å². The summed E-state index contributed by atoms with van der Waals surface area (Å²) in [5.74, 6) is 0. The third-order valence-corrected chi connectivity index (χ3v) is 1.98. The van der Waals surface area contributed by atoms with Crippen LogP contribution in [0.15, 0.2) is 6.20 Å². The van der Waals surface area contributed by atoms with Crippen molar-refractivity contribution in [2.24, 2.45) is 0 Å². The molecule has 0 unspecified atom stereocenters. The van der Waals surface area contributed by atoms with Crippen LogP contribution in [0.3, 0.4) is 0 Å². The van der Waals surface area contributed by atoms with Gasteiger partial charge in [0.15, 0.2) is 0 Å². The highest BCUT2D eigenvalue weighted by Gasteiger charge is 2.02. The Hall–Kier alpha value is -1.16. The predicted molar refractivity (Wildman–Crippen MR) is 55.6 cm³/mol. The van der Waals surface area contributed by atoms with E-state index in [4.69, 9.17) is 4.74 Å². The first-order valence-corrected chi connectivity index (χ1v) is 4.87. The summed E-state index contributed by atoms with van der Waals surface area (Å²) in [6.07, 6.45) is 2.79. The zero-order valence-corrected chi connectivity index (χ0v) is 9.00. The first-order valence-electron chi connectivity index (χ1n) is 4.87. The van der Waals surface area contributed by atoms with Crippen molar-refractivity contribution >= 4 is 0 Å². The fourth-order valence-corrected chi connectivity index (χ4v) is 1.17. The van der Waals surface area contributed by atoms with E-state index in [2.05, 4.69) is 15.3 Å². The Morgan fingerprint density at radius 1 is 1.50 bits per heavy atom. The molecule has 14 heavy (non-hydrogen) atoms. The lowest BCUT2D eigenvalue weighted by molar-refractivity contribution is 0.311. The van der Waals surface area contributed by atoms with Crippen molar-refractivity contribution < 1.29 is 4.74 Å². The number of ether oxygens (including phenoxy) is 1. The standard InChI is InChI=1S/C10H17N3O/c1-4-14-10-12-7-9(5-6-11-3)8(2)13-10/h7,11H,4-6H2,1-3H3. The number of hydrogen-bond donors (Lipinski definition) is 1. The Morgan fingerprint density at radius 2 is 2.29 bits per heavy atom. The second kappa shape index (κ2) is 5.54. The van der Waals surface area contributed by atoms with Gasteiger partial charge < -0.3 is 10.1 Å². The van der Waals surface area contributed by atoms with Gasteiger partial charge in [-0.15, -0.1) is 0 Å². The molecular weight excluding hydrogens is 178 g/mol. The van der Waals surface area contributed by atoms with Gasteiger partial charge in [0.25, 0.3) is 0 Å². The van der Waals surface area contributed by atoms with Crippen molar-refractivity contribution in [1.82, 2.24) is 15.3 Å². The number of nitrogens with one attached hydrogen (secondary N) is 1. The third-order valence-electron chi connectivity index (χ3n) is 1.98. The van der Waals surface area contributed by atoms with Gasteiger partial charge in [-0.05, 0) is 39.4 Å². The largest absolute Gasteiger partial charge is 0.464 e. The molecule has 1 N–H and O–H groups in total. The molecule has 0 atom stereocenters. The lowest BCUT2D eigenvalue weighted by atomic mass is 10.2. The molecule has 0 aromatic carbocycles. The predicted octanol–water partition coefficient (Wildman–Crippen LogP) is 0.946. The molecule has 0 bridgehead atoms. The second-order valence-electron chi connectivity index (χ2n) is 3.05. The summed E-state index contributed by atoms with van der Waals surface area (Å²) in [6, 6.07) is 0.471. The van der Waals surface area contributed by atoms with Gasteiger partial charge in [0.2, 0.25) is 0 Å². The van der Waals surface area contributed by atoms with Gasteiger partial charge in [0, 0.05) is 11.9 Å². The van der Waals surface area contributed by atoms with Crippen LogP contribution in [-0.2, 0) is 6.42 Å². The molecule has 0 aliphatic rings. The van der Waals surface area contributed by atoms with Crippen molar-refractivity contribution in [3.63, 3.8) is 0 Å². The lowest BCUT2D eigenvalue weighted by Crippen LogP contribution is -2.12. The highest BCUT2D eigenvalue weighted by atomic mass is 16.5. The minimum Gasteiger partial charge on any atom is -0.464 e. The molecule has 0 aliphatic carbocycles. The van der Waals surface area contributed by atoms with Gasteiger partial charge in [-0.25, -0.2) is 9.97 Å². The Morgan fingerprint density at radius 3 is 2.86 bits per heavy atom. The Bertz CT molecular complexity index is 289. The summed E-state index contributed by atoms with van der Waals surface area (Å²) in [7, 11) is 1.94. The third kappa shape index (κ3) is 2.96. The molecule has 0 spiro atoms. The summed E-state index contributed by atoms with van der Waals surface area (Å²) in [6.45, 7) is 5.45. The molecule has 0 fully saturated rings. The average molecular weight is 195 g/mol. The molecule has 1 aromatic rings. The summed E-state index contributed by atoms with van der Waals surface area (Å²) in [4.78, 5) is 8.38. The number of rotatable bonds is 5. The minimum absolute atomic E-state index is 0.471. The highest BCUT2D eigenvalue weighted by Crippen LogP contribution is 2.08. The Balaban J connectivity index is 2.68. The molecule has 0 saturated heterocycles. The van der Waals surface area contributed by atoms with Crippen molar-refractivity contribution in [2.75, 3.05) is 20.2 Å². The molecule has 1 aromatic heterocycles. The summed E-state index contributed by atoms with van der Waals surface area (Å²) < 4.78 is 5.21. The Labute approximate surface area is 84.7 Å². The quantitative estimate of drug-likeness (QED) is 0.759. The number of hydrogen-bond acceptors (Lipinski definition) is 4. The fourth-order valence-electron chi connectivity index (χ4n) is 1.17. The zero-order valence-electron chi connectivity index (χ0n) is 9.00. The number of likely N-dealkylation sites (N-methyl/N-ethyl adjacent to an activating group) is 1. The van der Waals surface area contributed by atoms with E-state index >= 15 is 0 Å². The van der Waals surface area contributed by atoms with Crippen LogP contribution in [0.1, 0.15) is 18.2 Å². The maximum Gasteiger partial charge on any atom is 0.316 e. The van der Waals surface area contributed by atoms with E-state index in [0.29, 0.717) is 12.6 Å². The van der Waals surface area contributed by atoms with Gasteiger partial charge in [-0.3, -0.25) is 0 Å². The minimum atomic E-state index is 0.471. The number of aryl methyl sites for hydroxylation is 1. The highest BCUT2D eigenvalue weighted by molar-refractivity contribution is 5.18. The Kier molecular flexibility index (Phi) is 4.32. The average Bonchev–Trinajstić information content (AvgIpc) is 2.17. The van der Waals surface area contributed by atoms with Crippen LogP contribution in [0, 0.1) is 6.92 Å². The number of nitrogens with zero attached hydrogens (tertiary/aromatic N) is 2.